The molecule has 4 nitrogen and oxygen atoms in total. The number of rotatable bonds is 9. The topological polar surface area (TPSA) is 40.6 Å². The summed E-state index contributed by atoms with van der Waals surface area (Å²) in [6.45, 7) is 2.23. The van der Waals surface area contributed by atoms with Crippen molar-refractivity contribution >= 4 is 57.7 Å². The second-order valence-electron chi connectivity index (χ2n) is 4.99. The zero-order valence-electron chi connectivity index (χ0n) is 11.4. The molecule has 3 amide bonds. The van der Waals surface area contributed by atoms with Gasteiger partial charge in [0.1, 0.15) is 6.04 Å². The first kappa shape index (κ1) is 17.5. The van der Waals surface area contributed by atoms with Gasteiger partial charge in [-0.05, 0) is 6.42 Å². The van der Waals surface area contributed by atoms with Crippen LogP contribution in [0.15, 0.2) is 0 Å². The monoisotopic (exact) mass is 492 g/mol. The third-order valence-corrected chi connectivity index (χ3v) is 5.41. The predicted molar refractivity (Wildman–Crippen MR) is 93.1 cm³/mol. The average molecular weight is 492 g/mol. The maximum atomic E-state index is 11.8. The summed E-state index contributed by atoms with van der Waals surface area (Å²) in [7, 11) is 0. The molecule has 1 rings (SSSR count). The van der Waals surface area contributed by atoms with Gasteiger partial charge in [0.2, 0.25) is 0 Å². The Morgan fingerprint density at radius 2 is 1.47 bits per heavy atom. The molecule has 0 aromatic carbocycles. The van der Waals surface area contributed by atoms with E-state index in [1.807, 2.05) is 22.9 Å². The van der Waals surface area contributed by atoms with Crippen molar-refractivity contribution in [2.24, 2.45) is 0 Å². The van der Waals surface area contributed by atoms with Crippen LogP contribution in [0.1, 0.15) is 64.7 Å². The first-order valence-electron chi connectivity index (χ1n) is 7.08. The summed E-state index contributed by atoms with van der Waals surface area (Å²) in [6, 6.07) is -0.444. The fraction of sp³-hybridized carbons (Fsp3) is 0.846. The van der Waals surface area contributed by atoms with Gasteiger partial charge in [-0.3, -0.25) is 7.91 Å². The predicted octanol–water partition coefficient (Wildman–Crippen LogP) is 4.85. The molecule has 6 heteroatoms. The lowest BCUT2D eigenvalue weighted by Crippen LogP contribution is -2.26. The lowest BCUT2D eigenvalue weighted by Gasteiger charge is -2.13. The van der Waals surface area contributed by atoms with Crippen LogP contribution in [-0.4, -0.2) is 24.2 Å². The summed E-state index contributed by atoms with van der Waals surface area (Å²) in [5, 5.41) is 0. The third kappa shape index (κ3) is 5.35. The lowest BCUT2D eigenvalue weighted by molar-refractivity contribution is -0.123. The van der Waals surface area contributed by atoms with Crippen LogP contribution in [0.2, 0.25) is 0 Å². The maximum Gasteiger partial charge on any atom is 0.345 e. The molecule has 1 aliphatic heterocycles. The molecule has 1 heterocycles. The molecule has 0 aliphatic carbocycles. The van der Waals surface area contributed by atoms with Gasteiger partial charge in [-0.15, -0.1) is 0 Å². The maximum absolute atomic E-state index is 11.8. The molecule has 0 aromatic heterocycles. The van der Waals surface area contributed by atoms with E-state index in [0.717, 1.165) is 19.3 Å². The number of carbonyl (C=O) groups excluding carboxylic acids is 2. The Balaban J connectivity index is 2.10. The van der Waals surface area contributed by atoms with Gasteiger partial charge in [-0.25, -0.2) is 4.79 Å². The largest absolute Gasteiger partial charge is 0.345 e. The number of imide groups is 1. The minimum atomic E-state index is -0.245. The molecular formula is C13H22I2N2O2. The van der Waals surface area contributed by atoms with E-state index < -0.39 is 0 Å². The van der Waals surface area contributed by atoms with Gasteiger partial charge in [0, 0.05) is 0 Å². The quantitative estimate of drug-likeness (QED) is 0.200. The molecule has 1 aliphatic rings. The molecule has 0 N–H and O–H groups in total. The minimum Gasteiger partial charge on any atom is -0.271 e. The summed E-state index contributed by atoms with van der Waals surface area (Å²) in [6.07, 6.45) is 10.8. The molecule has 0 bridgehead atoms. The first-order chi connectivity index (χ1) is 9.09. The van der Waals surface area contributed by atoms with Gasteiger partial charge < -0.3 is 0 Å². The fourth-order valence-electron chi connectivity index (χ4n) is 2.25. The molecule has 0 radical (unpaired) electrons. The van der Waals surface area contributed by atoms with Crippen LogP contribution in [0.3, 0.4) is 0 Å². The zero-order chi connectivity index (χ0) is 14.3. The van der Waals surface area contributed by atoms with Crippen molar-refractivity contribution in [1.29, 1.82) is 0 Å². The second kappa shape index (κ2) is 9.36. The molecule has 1 saturated heterocycles. The summed E-state index contributed by atoms with van der Waals surface area (Å²) < 4.78 is 2.73. The number of amides is 3. The minimum absolute atomic E-state index is 0.0667. The van der Waals surface area contributed by atoms with Crippen molar-refractivity contribution in [3.8, 4) is 0 Å². The Morgan fingerprint density at radius 1 is 0.947 bits per heavy atom. The van der Waals surface area contributed by atoms with E-state index in [2.05, 4.69) is 6.92 Å². The highest BCUT2D eigenvalue weighted by Crippen LogP contribution is 2.28. The number of unbranched alkanes of at least 4 members (excludes halogenated alkanes) is 7. The van der Waals surface area contributed by atoms with Crippen LogP contribution >= 0.6 is 45.7 Å². The van der Waals surface area contributed by atoms with E-state index in [1.165, 1.54) is 44.8 Å². The van der Waals surface area contributed by atoms with E-state index in [1.54, 1.807) is 22.9 Å². The van der Waals surface area contributed by atoms with Gasteiger partial charge in [0.05, 0.1) is 45.7 Å². The Bertz CT molecular complexity index is 313. The number of nitrogens with zero attached hydrogens (tertiary/aromatic N) is 2. The Morgan fingerprint density at radius 3 is 1.95 bits per heavy atom. The summed E-state index contributed by atoms with van der Waals surface area (Å²) in [5.74, 6) is -0.0667. The van der Waals surface area contributed by atoms with E-state index in [0.29, 0.717) is 0 Å². The van der Waals surface area contributed by atoms with E-state index in [4.69, 9.17) is 0 Å². The summed E-state index contributed by atoms with van der Waals surface area (Å²) in [5.41, 5.74) is 0. The highest BCUT2D eigenvalue weighted by molar-refractivity contribution is 14.1. The van der Waals surface area contributed by atoms with Crippen molar-refractivity contribution in [2.45, 2.75) is 70.8 Å². The van der Waals surface area contributed by atoms with Gasteiger partial charge >= 0.3 is 6.03 Å². The smallest absolute Gasteiger partial charge is 0.271 e. The summed E-state index contributed by atoms with van der Waals surface area (Å²) >= 11 is 3.74. The molecule has 110 valence electrons. The number of urea groups is 1. The Kier molecular flexibility index (Phi) is 8.59. The first-order valence-corrected chi connectivity index (χ1v) is 9.01. The van der Waals surface area contributed by atoms with Crippen LogP contribution in [0.5, 0.6) is 0 Å². The fourth-order valence-corrected chi connectivity index (χ4v) is 3.95. The van der Waals surface area contributed by atoms with Crippen molar-refractivity contribution in [1.82, 2.24) is 6.23 Å². The van der Waals surface area contributed by atoms with Crippen LogP contribution in [0.4, 0.5) is 4.79 Å². The van der Waals surface area contributed by atoms with E-state index >= 15 is 0 Å². The highest BCUT2D eigenvalue weighted by atomic mass is 127. The third-order valence-electron chi connectivity index (χ3n) is 3.43. The van der Waals surface area contributed by atoms with Gasteiger partial charge in [-0.1, -0.05) is 58.3 Å². The SMILES string of the molecule is CCCCCCCCCCC1C(=O)N(I)C(=O)N1I. The number of halogens is 2. The molecule has 1 atom stereocenters. The second-order valence-corrected chi connectivity index (χ2v) is 7.00. The normalized spacial score (nSPS) is 19.6. The molecule has 0 aromatic rings. The average Bonchev–Trinajstić information content (AvgIpc) is 2.59. The van der Waals surface area contributed by atoms with Crippen molar-refractivity contribution in [2.75, 3.05) is 0 Å². The molecule has 19 heavy (non-hydrogen) atoms. The highest BCUT2D eigenvalue weighted by Gasteiger charge is 2.42. The van der Waals surface area contributed by atoms with E-state index in [9.17, 15) is 9.59 Å². The number of hydrogen-bond donors (Lipinski definition) is 0. The Labute approximate surface area is 143 Å². The van der Waals surface area contributed by atoms with Crippen LogP contribution in [0.25, 0.3) is 0 Å². The van der Waals surface area contributed by atoms with Crippen molar-refractivity contribution < 1.29 is 9.59 Å². The number of carbonyl (C=O) groups is 2. The molecule has 0 saturated carbocycles. The van der Waals surface area contributed by atoms with Gasteiger partial charge in [-0.2, -0.15) is 3.11 Å². The van der Waals surface area contributed by atoms with E-state index in [-0.39, 0.29) is 18.0 Å². The van der Waals surface area contributed by atoms with Gasteiger partial charge in [0.25, 0.3) is 5.91 Å². The Hall–Kier alpha value is 0.400. The van der Waals surface area contributed by atoms with Crippen LogP contribution in [-0.2, 0) is 4.79 Å². The molecule has 1 fully saturated rings. The molecule has 1 unspecified atom stereocenters. The standard InChI is InChI=1S/C13H22I2N2O2/c1-2-3-4-5-6-7-8-9-10-11-12(18)17(15)13(19)16(11)14/h11H,2-10H2,1H3. The van der Waals surface area contributed by atoms with Crippen LogP contribution < -0.4 is 0 Å². The van der Waals surface area contributed by atoms with Gasteiger partial charge in [0.15, 0.2) is 0 Å². The molecular weight excluding hydrogens is 470 g/mol. The van der Waals surface area contributed by atoms with Crippen molar-refractivity contribution in [3.05, 3.63) is 0 Å². The number of hydrogen-bond acceptors (Lipinski definition) is 2. The van der Waals surface area contributed by atoms with Crippen LogP contribution in [0, 0.1) is 0 Å². The zero-order valence-corrected chi connectivity index (χ0v) is 15.7. The van der Waals surface area contributed by atoms with Crippen molar-refractivity contribution in [3.63, 3.8) is 0 Å². The lowest BCUT2D eigenvalue weighted by atomic mass is 10.0. The molecule has 0 spiro atoms. The summed E-state index contributed by atoms with van der Waals surface area (Å²) in [4.78, 5) is 23.4.